The molecule has 0 aromatic carbocycles. The number of aromatic nitrogens is 5. The summed E-state index contributed by atoms with van der Waals surface area (Å²) in [5.74, 6) is 1.97. The van der Waals surface area contributed by atoms with Crippen molar-refractivity contribution in [1.29, 1.82) is 0 Å². The van der Waals surface area contributed by atoms with E-state index in [1.807, 2.05) is 6.20 Å². The lowest BCUT2D eigenvalue weighted by Crippen LogP contribution is -2.35. The van der Waals surface area contributed by atoms with Gasteiger partial charge in [-0.1, -0.05) is 0 Å². The molecule has 0 aliphatic carbocycles. The lowest BCUT2D eigenvalue weighted by molar-refractivity contribution is -0.122. The minimum atomic E-state index is 0.123. The fourth-order valence-electron chi connectivity index (χ4n) is 3.10. The number of H-pyrrole nitrogens is 1. The summed E-state index contributed by atoms with van der Waals surface area (Å²) in [5, 5.41) is 18.3. The number of fused-ring (bicyclic) bond motifs is 1. The minimum Gasteiger partial charge on any atom is -0.377 e. The van der Waals surface area contributed by atoms with E-state index in [-0.39, 0.29) is 11.9 Å². The highest BCUT2D eigenvalue weighted by Crippen LogP contribution is 2.16. The van der Waals surface area contributed by atoms with E-state index in [9.17, 15) is 4.79 Å². The van der Waals surface area contributed by atoms with Crippen molar-refractivity contribution in [1.82, 2.24) is 30.3 Å². The van der Waals surface area contributed by atoms with Crippen molar-refractivity contribution >= 4 is 5.91 Å². The van der Waals surface area contributed by atoms with Crippen molar-refractivity contribution in [2.75, 3.05) is 7.11 Å². The molecule has 0 bridgehead atoms. The molecule has 0 radical (unpaired) electrons. The zero-order chi connectivity index (χ0) is 16.8. The first-order valence-corrected chi connectivity index (χ1v) is 8.43. The molecule has 0 saturated carbocycles. The Hall–Kier alpha value is -2.22. The van der Waals surface area contributed by atoms with Gasteiger partial charge in [0.25, 0.3) is 0 Å². The first-order chi connectivity index (χ1) is 11.8. The van der Waals surface area contributed by atoms with Crippen molar-refractivity contribution in [2.45, 2.75) is 57.7 Å². The highest BCUT2D eigenvalue weighted by molar-refractivity contribution is 5.76. The lowest BCUT2D eigenvalue weighted by atomic mass is 10.1. The van der Waals surface area contributed by atoms with Crippen LogP contribution in [0.2, 0.25) is 0 Å². The zero-order valence-corrected chi connectivity index (χ0v) is 14.0. The lowest BCUT2D eigenvalue weighted by Gasteiger charge is -2.16. The number of methoxy groups -OCH3 is 1. The van der Waals surface area contributed by atoms with E-state index >= 15 is 0 Å². The topological polar surface area (TPSA) is 97.7 Å². The number of aryl methyl sites for hydroxylation is 2. The van der Waals surface area contributed by atoms with Crippen LogP contribution in [0.4, 0.5) is 0 Å². The Morgan fingerprint density at radius 3 is 3.17 bits per heavy atom. The Morgan fingerprint density at radius 1 is 1.46 bits per heavy atom. The monoisotopic (exact) mass is 332 g/mol. The molecule has 2 aromatic heterocycles. The summed E-state index contributed by atoms with van der Waals surface area (Å²) in [6, 6.07) is 0.198. The van der Waals surface area contributed by atoms with Crippen LogP contribution in [0.3, 0.4) is 0 Å². The summed E-state index contributed by atoms with van der Waals surface area (Å²) in [6.07, 6.45) is 8.55. The van der Waals surface area contributed by atoms with Gasteiger partial charge in [-0.2, -0.15) is 5.10 Å². The van der Waals surface area contributed by atoms with E-state index in [1.54, 1.807) is 13.3 Å². The van der Waals surface area contributed by atoms with Gasteiger partial charge in [0.15, 0.2) is 5.82 Å². The van der Waals surface area contributed by atoms with E-state index in [1.165, 1.54) is 0 Å². The number of aromatic amines is 1. The fourth-order valence-corrected chi connectivity index (χ4v) is 3.10. The summed E-state index contributed by atoms with van der Waals surface area (Å²) in [7, 11) is 1.66. The molecule has 1 aliphatic heterocycles. The minimum absolute atomic E-state index is 0.123. The molecule has 0 saturated heterocycles. The first kappa shape index (κ1) is 16.6. The maximum atomic E-state index is 12.1. The smallest absolute Gasteiger partial charge is 0.220 e. The maximum absolute atomic E-state index is 12.1. The summed E-state index contributed by atoms with van der Waals surface area (Å²) >= 11 is 0. The standard InChI is InChI=1S/C16H24N6O2/c1-24-11-15-21-20-14-6-5-13(7-8-22(14)15)19-16(23)4-2-3-12-9-17-18-10-12/h9-10,13H,2-8,11H2,1H3,(H,17,18)(H,19,23). The second-order valence-corrected chi connectivity index (χ2v) is 6.17. The van der Waals surface area contributed by atoms with Crippen LogP contribution in [-0.4, -0.2) is 44.0 Å². The third-order valence-corrected chi connectivity index (χ3v) is 4.38. The first-order valence-electron chi connectivity index (χ1n) is 8.43. The quantitative estimate of drug-likeness (QED) is 0.788. The van der Waals surface area contributed by atoms with Gasteiger partial charge >= 0.3 is 0 Å². The van der Waals surface area contributed by atoms with Crippen LogP contribution in [-0.2, 0) is 35.5 Å². The Kier molecular flexibility index (Phi) is 5.58. The number of carbonyl (C=O) groups is 1. The number of ether oxygens (including phenoxy) is 1. The number of hydrogen-bond acceptors (Lipinski definition) is 5. The fraction of sp³-hybridized carbons (Fsp3) is 0.625. The summed E-state index contributed by atoms with van der Waals surface area (Å²) in [5.41, 5.74) is 1.14. The number of nitrogens with one attached hydrogen (secondary N) is 2. The number of hydrogen-bond donors (Lipinski definition) is 2. The second-order valence-electron chi connectivity index (χ2n) is 6.17. The zero-order valence-electron chi connectivity index (χ0n) is 14.0. The van der Waals surface area contributed by atoms with Crippen molar-refractivity contribution in [3.05, 3.63) is 29.6 Å². The summed E-state index contributed by atoms with van der Waals surface area (Å²) in [6.45, 7) is 1.29. The van der Waals surface area contributed by atoms with Crippen LogP contribution in [0.15, 0.2) is 12.4 Å². The van der Waals surface area contributed by atoms with Gasteiger partial charge in [-0.3, -0.25) is 9.89 Å². The van der Waals surface area contributed by atoms with E-state index in [0.29, 0.717) is 13.0 Å². The van der Waals surface area contributed by atoms with E-state index in [0.717, 1.165) is 55.9 Å². The van der Waals surface area contributed by atoms with Crippen LogP contribution in [0.1, 0.15) is 42.9 Å². The molecule has 130 valence electrons. The van der Waals surface area contributed by atoms with E-state index in [2.05, 4.69) is 30.3 Å². The van der Waals surface area contributed by atoms with Crippen LogP contribution >= 0.6 is 0 Å². The molecular weight excluding hydrogens is 308 g/mol. The molecule has 3 rings (SSSR count). The largest absolute Gasteiger partial charge is 0.377 e. The van der Waals surface area contributed by atoms with Gasteiger partial charge in [-0.05, 0) is 31.2 Å². The molecular formula is C16H24N6O2. The molecule has 1 amide bonds. The highest BCUT2D eigenvalue weighted by atomic mass is 16.5. The number of carbonyl (C=O) groups excluding carboxylic acids is 1. The SMILES string of the molecule is COCc1nnc2n1CCC(NC(=O)CCCc1cn[nH]c1)CC2. The van der Waals surface area contributed by atoms with Crippen molar-refractivity contribution in [2.24, 2.45) is 0 Å². The van der Waals surface area contributed by atoms with Gasteiger partial charge in [0, 0.05) is 38.7 Å². The molecule has 2 aromatic rings. The van der Waals surface area contributed by atoms with E-state index < -0.39 is 0 Å². The van der Waals surface area contributed by atoms with Gasteiger partial charge in [-0.25, -0.2) is 0 Å². The highest BCUT2D eigenvalue weighted by Gasteiger charge is 2.21. The predicted octanol–water partition coefficient (Wildman–Crippen LogP) is 0.992. The molecule has 0 fully saturated rings. The Labute approximate surface area is 141 Å². The van der Waals surface area contributed by atoms with Gasteiger partial charge < -0.3 is 14.6 Å². The van der Waals surface area contributed by atoms with Gasteiger partial charge in [0.1, 0.15) is 12.4 Å². The summed E-state index contributed by atoms with van der Waals surface area (Å²) < 4.78 is 7.28. The van der Waals surface area contributed by atoms with Crippen molar-refractivity contribution in [3.63, 3.8) is 0 Å². The Morgan fingerprint density at radius 2 is 2.38 bits per heavy atom. The Bertz CT molecular complexity index is 652. The second kappa shape index (κ2) is 8.05. The maximum Gasteiger partial charge on any atom is 0.220 e. The van der Waals surface area contributed by atoms with Gasteiger partial charge in [0.2, 0.25) is 5.91 Å². The Balaban J connectivity index is 1.44. The molecule has 1 unspecified atom stereocenters. The third-order valence-electron chi connectivity index (χ3n) is 4.38. The van der Waals surface area contributed by atoms with Crippen LogP contribution in [0.5, 0.6) is 0 Å². The molecule has 0 spiro atoms. The van der Waals surface area contributed by atoms with Crippen LogP contribution < -0.4 is 5.32 Å². The molecule has 8 heteroatoms. The number of amides is 1. The molecule has 8 nitrogen and oxygen atoms in total. The van der Waals surface area contributed by atoms with Gasteiger partial charge in [-0.15, -0.1) is 10.2 Å². The average Bonchev–Trinajstić information content (AvgIpc) is 3.16. The molecule has 1 aliphatic rings. The predicted molar refractivity (Wildman–Crippen MR) is 87.1 cm³/mol. The van der Waals surface area contributed by atoms with Gasteiger partial charge in [0.05, 0.1) is 6.20 Å². The molecule has 2 N–H and O–H groups in total. The van der Waals surface area contributed by atoms with Crippen LogP contribution in [0.25, 0.3) is 0 Å². The third kappa shape index (κ3) is 4.19. The van der Waals surface area contributed by atoms with Crippen LogP contribution in [0, 0.1) is 0 Å². The van der Waals surface area contributed by atoms with E-state index in [4.69, 9.17) is 4.74 Å². The van der Waals surface area contributed by atoms with Crippen molar-refractivity contribution < 1.29 is 9.53 Å². The number of nitrogens with zero attached hydrogens (tertiary/aromatic N) is 4. The van der Waals surface area contributed by atoms with Crippen molar-refractivity contribution in [3.8, 4) is 0 Å². The molecule has 3 heterocycles. The normalized spacial score (nSPS) is 17.3. The number of rotatable bonds is 7. The molecule has 1 atom stereocenters. The average molecular weight is 332 g/mol. The summed E-state index contributed by atoms with van der Waals surface area (Å²) in [4.78, 5) is 12.1. The molecule has 24 heavy (non-hydrogen) atoms.